The monoisotopic (exact) mass is 511 g/mol. The standard InChI is InChI=1S/C30H29N3O3S/c1-6-36-29(35)26-20(4)31-30-33(27(26)22-10-8-7-9-11-22)28(34)25(37-30)17-23-16-19(3)32(21(23)5)24-14-12-18(2)13-15-24/h7-17,27H,6H2,1-5H3/b25-17-/t27-/m1/s1. The van der Waals surface area contributed by atoms with Crippen molar-refractivity contribution in [2.45, 2.75) is 40.7 Å². The fraction of sp³-hybridized carbons (Fsp3) is 0.233. The fourth-order valence-electron chi connectivity index (χ4n) is 4.91. The van der Waals surface area contributed by atoms with E-state index >= 15 is 0 Å². The number of fused-ring (bicyclic) bond motifs is 1. The number of aromatic nitrogens is 2. The van der Waals surface area contributed by atoms with Gasteiger partial charge in [0.2, 0.25) is 0 Å². The van der Waals surface area contributed by atoms with Gasteiger partial charge in [-0.25, -0.2) is 9.79 Å². The predicted molar refractivity (Wildman–Crippen MR) is 147 cm³/mol. The molecule has 4 aromatic rings. The highest BCUT2D eigenvalue weighted by Crippen LogP contribution is 2.30. The Kier molecular flexibility index (Phi) is 6.56. The zero-order valence-electron chi connectivity index (χ0n) is 21.6. The summed E-state index contributed by atoms with van der Waals surface area (Å²) in [4.78, 5) is 32.1. The van der Waals surface area contributed by atoms with Gasteiger partial charge in [0, 0.05) is 17.1 Å². The van der Waals surface area contributed by atoms with Gasteiger partial charge in [-0.15, -0.1) is 0 Å². The largest absolute Gasteiger partial charge is 0.463 e. The number of hydrogen-bond acceptors (Lipinski definition) is 5. The average Bonchev–Trinajstić information content (AvgIpc) is 3.33. The van der Waals surface area contributed by atoms with E-state index in [4.69, 9.17) is 4.74 Å². The normalized spacial score (nSPS) is 15.5. The molecule has 0 bridgehead atoms. The molecule has 6 nitrogen and oxygen atoms in total. The Morgan fingerprint density at radius 3 is 2.43 bits per heavy atom. The number of carbonyl (C=O) groups excluding carboxylic acids is 1. The van der Waals surface area contributed by atoms with Crippen molar-refractivity contribution in [3.8, 4) is 5.69 Å². The van der Waals surface area contributed by atoms with Crippen molar-refractivity contribution in [3.05, 3.63) is 120 Å². The van der Waals surface area contributed by atoms with Crippen LogP contribution in [0.15, 0.2) is 81.7 Å². The van der Waals surface area contributed by atoms with E-state index in [0.717, 1.165) is 28.2 Å². The zero-order valence-corrected chi connectivity index (χ0v) is 22.4. The number of carbonyl (C=O) groups is 1. The van der Waals surface area contributed by atoms with E-state index in [-0.39, 0.29) is 12.2 Å². The number of esters is 1. The van der Waals surface area contributed by atoms with Gasteiger partial charge in [0.25, 0.3) is 5.56 Å². The lowest BCUT2D eigenvalue weighted by atomic mass is 9.96. The molecule has 188 valence electrons. The van der Waals surface area contributed by atoms with Gasteiger partial charge >= 0.3 is 5.97 Å². The first kappa shape index (κ1) is 24.7. The molecule has 0 saturated heterocycles. The molecule has 0 amide bonds. The van der Waals surface area contributed by atoms with Crippen LogP contribution in [0.5, 0.6) is 0 Å². The molecule has 7 heteroatoms. The van der Waals surface area contributed by atoms with Crippen LogP contribution < -0.4 is 14.9 Å². The molecular formula is C30H29N3O3S. The maximum absolute atomic E-state index is 13.8. The number of nitrogens with zero attached hydrogens (tertiary/aromatic N) is 3. The summed E-state index contributed by atoms with van der Waals surface area (Å²) in [7, 11) is 0. The number of rotatable bonds is 5. The summed E-state index contributed by atoms with van der Waals surface area (Å²) in [6, 6.07) is 19.5. The summed E-state index contributed by atoms with van der Waals surface area (Å²) in [6.45, 7) is 10.0. The van der Waals surface area contributed by atoms with Crippen LogP contribution in [0.4, 0.5) is 0 Å². The van der Waals surface area contributed by atoms with Gasteiger partial charge in [-0.2, -0.15) is 0 Å². The van der Waals surface area contributed by atoms with Gasteiger partial charge < -0.3 is 9.30 Å². The summed E-state index contributed by atoms with van der Waals surface area (Å²) >= 11 is 1.34. The molecule has 3 heterocycles. The molecule has 37 heavy (non-hydrogen) atoms. The van der Waals surface area contributed by atoms with Crippen LogP contribution in [0.1, 0.15) is 48.0 Å². The van der Waals surface area contributed by atoms with Gasteiger partial charge in [-0.1, -0.05) is 59.4 Å². The number of aryl methyl sites for hydroxylation is 2. The van der Waals surface area contributed by atoms with Crippen molar-refractivity contribution in [1.82, 2.24) is 9.13 Å². The highest BCUT2D eigenvalue weighted by Gasteiger charge is 2.33. The second-order valence-electron chi connectivity index (χ2n) is 9.21. The third-order valence-corrected chi connectivity index (χ3v) is 7.66. The first-order chi connectivity index (χ1) is 17.8. The molecular weight excluding hydrogens is 482 g/mol. The van der Waals surface area contributed by atoms with E-state index in [2.05, 4.69) is 60.7 Å². The fourth-order valence-corrected chi connectivity index (χ4v) is 5.95. The van der Waals surface area contributed by atoms with Gasteiger partial charge in [0.15, 0.2) is 4.80 Å². The predicted octanol–water partition coefficient (Wildman–Crippen LogP) is 4.51. The van der Waals surface area contributed by atoms with Crippen LogP contribution in [0.25, 0.3) is 11.8 Å². The van der Waals surface area contributed by atoms with Crippen molar-refractivity contribution in [2.24, 2.45) is 4.99 Å². The van der Waals surface area contributed by atoms with Crippen LogP contribution >= 0.6 is 11.3 Å². The molecule has 2 aromatic heterocycles. The molecule has 1 atom stereocenters. The van der Waals surface area contributed by atoms with Crippen LogP contribution in [0.2, 0.25) is 0 Å². The highest BCUT2D eigenvalue weighted by atomic mass is 32.1. The molecule has 2 aromatic carbocycles. The summed E-state index contributed by atoms with van der Waals surface area (Å²) in [5.41, 5.74) is 7.02. The average molecular weight is 512 g/mol. The second-order valence-corrected chi connectivity index (χ2v) is 10.2. The molecule has 0 saturated carbocycles. The van der Waals surface area contributed by atoms with Crippen molar-refractivity contribution >= 4 is 23.4 Å². The van der Waals surface area contributed by atoms with E-state index < -0.39 is 12.0 Å². The third kappa shape index (κ3) is 4.40. The smallest absolute Gasteiger partial charge is 0.338 e. The molecule has 0 aliphatic carbocycles. The summed E-state index contributed by atoms with van der Waals surface area (Å²) in [5, 5.41) is 0. The highest BCUT2D eigenvalue weighted by molar-refractivity contribution is 7.07. The lowest BCUT2D eigenvalue weighted by Gasteiger charge is -2.24. The minimum atomic E-state index is -0.598. The molecule has 1 aliphatic rings. The molecule has 1 aliphatic heterocycles. The first-order valence-electron chi connectivity index (χ1n) is 12.3. The molecule has 0 spiro atoms. The molecule has 0 unspecified atom stereocenters. The van der Waals surface area contributed by atoms with Crippen molar-refractivity contribution in [1.29, 1.82) is 0 Å². The number of benzene rings is 2. The lowest BCUT2D eigenvalue weighted by molar-refractivity contribution is -0.139. The second kappa shape index (κ2) is 9.82. The van der Waals surface area contributed by atoms with Crippen LogP contribution in [-0.4, -0.2) is 21.7 Å². The molecule has 0 radical (unpaired) electrons. The van der Waals surface area contributed by atoms with Crippen LogP contribution in [-0.2, 0) is 9.53 Å². The maximum atomic E-state index is 13.8. The Bertz CT molecular complexity index is 1700. The van der Waals surface area contributed by atoms with Gasteiger partial charge in [-0.3, -0.25) is 9.36 Å². The van der Waals surface area contributed by atoms with E-state index in [1.54, 1.807) is 18.4 Å². The van der Waals surface area contributed by atoms with Gasteiger partial charge in [0.1, 0.15) is 0 Å². The van der Waals surface area contributed by atoms with E-state index in [1.807, 2.05) is 36.4 Å². The van der Waals surface area contributed by atoms with Crippen LogP contribution in [0, 0.1) is 20.8 Å². The van der Waals surface area contributed by atoms with Crippen molar-refractivity contribution < 1.29 is 9.53 Å². The van der Waals surface area contributed by atoms with E-state index in [0.29, 0.717) is 20.6 Å². The topological polar surface area (TPSA) is 65.6 Å². The van der Waals surface area contributed by atoms with Crippen LogP contribution in [0.3, 0.4) is 0 Å². The summed E-state index contributed by atoms with van der Waals surface area (Å²) in [5.74, 6) is -0.450. The first-order valence-corrected chi connectivity index (χ1v) is 13.1. The number of hydrogen-bond donors (Lipinski definition) is 0. The quantitative estimate of drug-likeness (QED) is 0.370. The Morgan fingerprint density at radius 2 is 1.76 bits per heavy atom. The van der Waals surface area contributed by atoms with Crippen molar-refractivity contribution in [3.63, 3.8) is 0 Å². The Labute approximate surface area is 219 Å². The molecule has 0 fully saturated rings. The van der Waals surface area contributed by atoms with Gasteiger partial charge in [0.05, 0.1) is 28.5 Å². The van der Waals surface area contributed by atoms with E-state index in [1.165, 1.54) is 16.9 Å². The molecule has 5 rings (SSSR count). The number of ether oxygens (including phenoxy) is 1. The summed E-state index contributed by atoms with van der Waals surface area (Å²) < 4.78 is 9.76. The molecule has 0 N–H and O–H groups in total. The Morgan fingerprint density at radius 1 is 1.05 bits per heavy atom. The van der Waals surface area contributed by atoms with E-state index in [9.17, 15) is 9.59 Å². The minimum absolute atomic E-state index is 0.174. The minimum Gasteiger partial charge on any atom is -0.463 e. The SMILES string of the molecule is CCOC(=O)C1=C(C)N=c2s/c(=C\c3cc(C)n(-c4ccc(C)cc4)c3C)c(=O)n2[C@@H]1c1ccccc1. The third-order valence-electron chi connectivity index (χ3n) is 6.68. The zero-order chi connectivity index (χ0) is 26.3. The van der Waals surface area contributed by atoms with Gasteiger partial charge in [-0.05, 0) is 70.0 Å². The van der Waals surface area contributed by atoms with Crippen molar-refractivity contribution in [2.75, 3.05) is 6.61 Å². The number of thiazole rings is 1. The lowest BCUT2D eigenvalue weighted by Crippen LogP contribution is -2.39. The Hall–Kier alpha value is -3.97. The Balaban J connectivity index is 1.68. The maximum Gasteiger partial charge on any atom is 0.338 e. The summed E-state index contributed by atoms with van der Waals surface area (Å²) in [6.07, 6.45) is 1.93. The number of allylic oxidation sites excluding steroid dienone is 1.